The molecular formula is C27H25BrN2O7. The van der Waals surface area contributed by atoms with Gasteiger partial charge >= 0.3 is 11.9 Å². The summed E-state index contributed by atoms with van der Waals surface area (Å²) in [6.45, 7) is -0.460. The molecule has 2 N–H and O–H groups in total. The number of carbonyl (C=O) groups is 4. The number of nitrogens with one attached hydrogen (secondary N) is 2. The van der Waals surface area contributed by atoms with Crippen molar-refractivity contribution in [2.45, 2.75) is 19.3 Å². The first-order valence-electron chi connectivity index (χ1n) is 11.3. The van der Waals surface area contributed by atoms with E-state index < -0.39 is 24.5 Å². The molecule has 0 heterocycles. The zero-order valence-electron chi connectivity index (χ0n) is 20.0. The predicted molar refractivity (Wildman–Crippen MR) is 141 cm³/mol. The number of esters is 2. The number of ether oxygens (including phenoxy) is 3. The minimum atomic E-state index is -0.585. The summed E-state index contributed by atoms with van der Waals surface area (Å²) in [4.78, 5) is 47.4. The van der Waals surface area contributed by atoms with Crippen LogP contribution in [0.1, 0.15) is 29.6 Å². The second kappa shape index (κ2) is 13.8. The highest BCUT2D eigenvalue weighted by Crippen LogP contribution is 2.24. The fourth-order valence-electron chi connectivity index (χ4n) is 3.08. The maximum absolute atomic E-state index is 12.2. The Kier molecular flexibility index (Phi) is 10.2. The number of methoxy groups -OCH3 is 1. The lowest BCUT2D eigenvalue weighted by Crippen LogP contribution is -2.21. The Morgan fingerprint density at radius 3 is 1.86 bits per heavy atom. The molecule has 0 saturated carbocycles. The third-order valence-corrected chi connectivity index (χ3v) is 5.45. The molecule has 0 bridgehead atoms. The lowest BCUT2D eigenvalue weighted by atomic mass is 10.2. The topological polar surface area (TPSA) is 120 Å². The van der Waals surface area contributed by atoms with Crippen molar-refractivity contribution in [1.29, 1.82) is 0 Å². The van der Waals surface area contributed by atoms with Crippen LogP contribution >= 0.6 is 15.9 Å². The molecule has 0 aromatic heterocycles. The number of anilines is 2. The summed E-state index contributed by atoms with van der Waals surface area (Å²) < 4.78 is 16.3. The molecule has 3 aromatic rings. The van der Waals surface area contributed by atoms with Crippen LogP contribution in [-0.4, -0.2) is 37.5 Å². The Balaban J connectivity index is 1.31. The second-order valence-corrected chi connectivity index (χ2v) is 8.68. The smallest absolute Gasteiger partial charge is 0.337 e. The fraction of sp³-hybridized carbons (Fsp3) is 0.185. The molecule has 0 aliphatic carbocycles. The van der Waals surface area contributed by atoms with Crippen molar-refractivity contribution in [3.05, 3.63) is 82.8 Å². The van der Waals surface area contributed by atoms with Gasteiger partial charge in [0.1, 0.15) is 11.5 Å². The average Bonchev–Trinajstić information content (AvgIpc) is 2.90. The van der Waals surface area contributed by atoms with E-state index in [0.29, 0.717) is 28.4 Å². The number of hydrogen-bond acceptors (Lipinski definition) is 7. The van der Waals surface area contributed by atoms with Crippen LogP contribution < -0.4 is 15.4 Å². The Morgan fingerprint density at radius 2 is 1.27 bits per heavy atom. The second-order valence-electron chi connectivity index (χ2n) is 7.76. The van der Waals surface area contributed by atoms with E-state index in [2.05, 4.69) is 31.3 Å². The van der Waals surface area contributed by atoms with Crippen LogP contribution in [0.15, 0.2) is 77.3 Å². The van der Waals surface area contributed by atoms with E-state index in [1.54, 1.807) is 24.3 Å². The fourth-order valence-corrected chi connectivity index (χ4v) is 3.35. The quantitative estimate of drug-likeness (QED) is 0.300. The first kappa shape index (κ1) is 27.4. The number of carbonyl (C=O) groups excluding carboxylic acids is 4. The third kappa shape index (κ3) is 9.42. The van der Waals surface area contributed by atoms with Gasteiger partial charge in [0.05, 0.1) is 12.7 Å². The van der Waals surface area contributed by atoms with Gasteiger partial charge in [0.2, 0.25) is 5.91 Å². The van der Waals surface area contributed by atoms with Gasteiger partial charge in [-0.3, -0.25) is 14.4 Å². The normalized spacial score (nSPS) is 10.2. The van der Waals surface area contributed by atoms with Crippen molar-refractivity contribution < 1.29 is 33.4 Å². The molecule has 0 atom stereocenters. The van der Waals surface area contributed by atoms with Crippen molar-refractivity contribution in [2.24, 2.45) is 0 Å². The van der Waals surface area contributed by atoms with Crippen LogP contribution in [0, 0.1) is 0 Å². The Labute approximate surface area is 222 Å². The first-order valence-corrected chi connectivity index (χ1v) is 12.1. The van der Waals surface area contributed by atoms with E-state index in [1.807, 2.05) is 24.3 Å². The molecule has 3 aromatic carbocycles. The lowest BCUT2D eigenvalue weighted by molar-refractivity contribution is -0.147. The molecule has 10 heteroatoms. The predicted octanol–water partition coefficient (Wildman–Crippen LogP) is 5.32. The first-order chi connectivity index (χ1) is 17.8. The maximum atomic E-state index is 12.2. The standard InChI is InChI=1S/C27H25BrN2O7/c1-35-27(34)18-5-9-20(10-6-18)30-25(32)17-36-26(33)4-2-3-24(31)29-21-11-15-23(16-12-21)37-22-13-7-19(28)8-14-22/h5-16H,2-4,17H2,1H3,(H,29,31)(H,30,32). The minimum absolute atomic E-state index is 0.00546. The van der Waals surface area contributed by atoms with E-state index in [0.717, 1.165) is 4.47 Å². The maximum Gasteiger partial charge on any atom is 0.337 e. The van der Waals surface area contributed by atoms with E-state index in [1.165, 1.54) is 31.4 Å². The van der Waals surface area contributed by atoms with Crippen LogP contribution in [0.25, 0.3) is 0 Å². The van der Waals surface area contributed by atoms with E-state index in [-0.39, 0.29) is 25.2 Å². The Bertz CT molecular complexity index is 1230. The number of hydrogen-bond donors (Lipinski definition) is 2. The van der Waals surface area contributed by atoms with E-state index in [4.69, 9.17) is 9.47 Å². The summed E-state index contributed by atoms with van der Waals surface area (Å²) in [6, 6.07) is 20.4. The summed E-state index contributed by atoms with van der Waals surface area (Å²) in [6.07, 6.45) is 0.380. The molecule has 3 rings (SSSR count). The van der Waals surface area contributed by atoms with Gasteiger partial charge in [-0.2, -0.15) is 0 Å². The van der Waals surface area contributed by atoms with Crippen LogP contribution in [-0.2, 0) is 23.9 Å². The molecule has 0 aliphatic heterocycles. The van der Waals surface area contributed by atoms with Crippen LogP contribution in [0.4, 0.5) is 11.4 Å². The largest absolute Gasteiger partial charge is 0.465 e. The number of benzene rings is 3. The molecule has 2 amide bonds. The van der Waals surface area contributed by atoms with Crippen LogP contribution in [0.2, 0.25) is 0 Å². The Morgan fingerprint density at radius 1 is 0.730 bits per heavy atom. The molecule has 0 saturated heterocycles. The molecule has 0 fully saturated rings. The van der Waals surface area contributed by atoms with Gasteiger partial charge in [-0.1, -0.05) is 15.9 Å². The third-order valence-electron chi connectivity index (χ3n) is 4.93. The van der Waals surface area contributed by atoms with Crippen molar-refractivity contribution in [2.75, 3.05) is 24.4 Å². The molecular weight excluding hydrogens is 544 g/mol. The highest BCUT2D eigenvalue weighted by molar-refractivity contribution is 9.10. The SMILES string of the molecule is COC(=O)c1ccc(NC(=O)COC(=O)CCCC(=O)Nc2ccc(Oc3ccc(Br)cc3)cc2)cc1. The highest BCUT2D eigenvalue weighted by atomic mass is 79.9. The van der Waals surface area contributed by atoms with Gasteiger partial charge in [-0.15, -0.1) is 0 Å². The van der Waals surface area contributed by atoms with Gasteiger partial charge in [-0.05, 0) is 79.2 Å². The molecule has 0 unspecified atom stereocenters. The summed E-state index contributed by atoms with van der Waals surface area (Å²) >= 11 is 3.37. The summed E-state index contributed by atoms with van der Waals surface area (Å²) in [5.41, 5.74) is 1.39. The van der Waals surface area contributed by atoms with Gasteiger partial charge in [-0.25, -0.2) is 4.79 Å². The van der Waals surface area contributed by atoms with Gasteiger partial charge in [0.25, 0.3) is 5.91 Å². The zero-order valence-corrected chi connectivity index (χ0v) is 21.6. The molecule has 0 aliphatic rings. The monoisotopic (exact) mass is 568 g/mol. The number of amides is 2. The van der Waals surface area contributed by atoms with Gasteiger partial charge in [0.15, 0.2) is 6.61 Å². The highest BCUT2D eigenvalue weighted by Gasteiger charge is 2.11. The summed E-state index contributed by atoms with van der Waals surface area (Å²) in [7, 11) is 1.28. The van der Waals surface area contributed by atoms with Crippen molar-refractivity contribution in [3.63, 3.8) is 0 Å². The van der Waals surface area contributed by atoms with Gasteiger partial charge in [0, 0.05) is 28.7 Å². The molecule has 9 nitrogen and oxygen atoms in total. The van der Waals surface area contributed by atoms with Crippen LogP contribution in [0.3, 0.4) is 0 Å². The zero-order chi connectivity index (χ0) is 26.6. The van der Waals surface area contributed by atoms with Crippen molar-refractivity contribution >= 4 is 51.1 Å². The summed E-state index contributed by atoms with van der Waals surface area (Å²) in [5, 5.41) is 5.32. The lowest BCUT2D eigenvalue weighted by Gasteiger charge is -2.09. The number of rotatable bonds is 11. The average molecular weight is 569 g/mol. The molecule has 192 valence electrons. The summed E-state index contributed by atoms with van der Waals surface area (Å²) in [5.74, 6) is -0.519. The van der Waals surface area contributed by atoms with Gasteiger partial charge < -0.3 is 24.8 Å². The molecule has 0 spiro atoms. The molecule has 0 radical (unpaired) electrons. The molecule has 37 heavy (non-hydrogen) atoms. The van der Waals surface area contributed by atoms with E-state index >= 15 is 0 Å². The van der Waals surface area contributed by atoms with Crippen LogP contribution in [0.5, 0.6) is 11.5 Å². The van der Waals surface area contributed by atoms with Crippen molar-refractivity contribution in [1.82, 2.24) is 0 Å². The minimum Gasteiger partial charge on any atom is -0.465 e. The van der Waals surface area contributed by atoms with Crippen molar-refractivity contribution in [3.8, 4) is 11.5 Å². The number of halogens is 1. The van der Waals surface area contributed by atoms with E-state index in [9.17, 15) is 19.2 Å². The Hall–Kier alpha value is -4.18.